The molecule has 0 saturated carbocycles. The van der Waals surface area contributed by atoms with Gasteiger partial charge in [-0.15, -0.1) is 0 Å². The number of halogens is 4. The lowest BCUT2D eigenvalue weighted by molar-refractivity contribution is -0.0131. The highest BCUT2D eigenvalue weighted by atomic mass is 19.2. The Morgan fingerprint density at radius 3 is 1.66 bits per heavy atom. The third-order valence-corrected chi connectivity index (χ3v) is 16.0. The van der Waals surface area contributed by atoms with E-state index in [9.17, 15) is 27.2 Å². The van der Waals surface area contributed by atoms with Crippen molar-refractivity contribution in [1.29, 1.82) is 0 Å². The lowest BCUT2D eigenvalue weighted by atomic mass is 10.0. The lowest BCUT2D eigenvalue weighted by Gasteiger charge is -2.22. The minimum absolute atomic E-state index is 0.195. The van der Waals surface area contributed by atoms with Gasteiger partial charge in [0.15, 0.2) is 23.3 Å². The van der Waals surface area contributed by atoms with Crippen molar-refractivity contribution in [1.82, 2.24) is 64.0 Å². The Morgan fingerprint density at radius 1 is 0.651 bits per heavy atom. The number of rotatable bonds is 18. The van der Waals surface area contributed by atoms with E-state index >= 15 is 0 Å². The Balaban J connectivity index is 0.714. The molecule has 0 spiro atoms. The molecule has 83 heavy (non-hydrogen) atoms. The average molecular weight is 1140 g/mol. The molecular formula is C59H63F4N15O5. The van der Waals surface area contributed by atoms with Crippen molar-refractivity contribution in [3.63, 3.8) is 0 Å². The van der Waals surface area contributed by atoms with Crippen molar-refractivity contribution in [2.45, 2.75) is 63.8 Å². The normalized spacial score (nSPS) is 19.8. The summed E-state index contributed by atoms with van der Waals surface area (Å²) in [5.41, 5.74) is 9.33. The first-order chi connectivity index (χ1) is 40.2. The molecule has 4 aliphatic heterocycles. The molecule has 4 amide bonds. The first-order valence-corrected chi connectivity index (χ1v) is 27.5. The van der Waals surface area contributed by atoms with Crippen LogP contribution in [0.25, 0.3) is 33.9 Å². The predicted octanol–water partition coefficient (Wildman–Crippen LogP) is 7.93. The van der Waals surface area contributed by atoms with Gasteiger partial charge in [-0.1, -0.05) is 36.4 Å². The Hall–Kier alpha value is -8.26. The molecular weight excluding hydrogens is 1070 g/mol. The van der Waals surface area contributed by atoms with E-state index in [0.717, 1.165) is 77.2 Å². The minimum Gasteiger partial charge on any atom is -0.383 e. The number of nitrogens with zero attached hydrogens (tertiary/aromatic N) is 11. The second-order valence-electron chi connectivity index (χ2n) is 21.6. The summed E-state index contributed by atoms with van der Waals surface area (Å²) in [7, 11) is 3.65. The van der Waals surface area contributed by atoms with E-state index in [-0.39, 0.29) is 19.8 Å². The van der Waals surface area contributed by atoms with Crippen LogP contribution in [0.4, 0.5) is 38.8 Å². The number of amides is 4. The summed E-state index contributed by atoms with van der Waals surface area (Å²) in [6.07, 6.45) is 7.52. The topological polar surface area (TPSA) is 191 Å². The maximum Gasteiger partial charge on any atom is 0.320 e. The summed E-state index contributed by atoms with van der Waals surface area (Å²) in [4.78, 5) is 44.0. The maximum absolute atomic E-state index is 14.6. The fourth-order valence-corrected chi connectivity index (χ4v) is 11.8. The number of ether oxygens (including phenoxy) is 3. The van der Waals surface area contributed by atoms with Crippen LogP contribution in [0.1, 0.15) is 51.8 Å². The molecule has 2 aromatic carbocycles. The lowest BCUT2D eigenvalue weighted by Crippen LogP contribution is -2.43. The number of urea groups is 2. The van der Waals surface area contributed by atoms with Gasteiger partial charge in [0.25, 0.3) is 0 Å². The molecule has 4 N–H and O–H groups in total. The molecule has 0 aliphatic carbocycles. The summed E-state index contributed by atoms with van der Waals surface area (Å²) in [6.45, 7) is 9.09. The van der Waals surface area contributed by atoms with Gasteiger partial charge in [0.1, 0.15) is 17.7 Å². The number of pyridine rings is 2. The molecule has 24 heteroatoms. The van der Waals surface area contributed by atoms with Gasteiger partial charge in [0.2, 0.25) is 0 Å². The van der Waals surface area contributed by atoms with E-state index in [0.29, 0.717) is 85.7 Å². The monoisotopic (exact) mass is 1140 g/mol. The summed E-state index contributed by atoms with van der Waals surface area (Å²) >= 11 is 0. The van der Waals surface area contributed by atoms with Crippen LogP contribution >= 0.6 is 0 Å². The zero-order chi connectivity index (χ0) is 57.5. The number of hydrogen-bond donors (Lipinski definition) is 4. The van der Waals surface area contributed by atoms with Crippen LogP contribution in [0.2, 0.25) is 0 Å². The van der Waals surface area contributed by atoms with E-state index in [1.165, 1.54) is 9.13 Å². The van der Waals surface area contributed by atoms with Crippen LogP contribution in [0.3, 0.4) is 0 Å². The van der Waals surface area contributed by atoms with Gasteiger partial charge < -0.3 is 34.0 Å². The summed E-state index contributed by atoms with van der Waals surface area (Å²) < 4.78 is 81.7. The number of likely N-dealkylation sites (tertiary alicyclic amines) is 2. The molecule has 2 saturated heterocycles. The number of benzene rings is 2. The van der Waals surface area contributed by atoms with Crippen LogP contribution in [0.5, 0.6) is 0 Å². The molecule has 432 valence electrons. The van der Waals surface area contributed by atoms with Crippen molar-refractivity contribution < 1.29 is 41.4 Å². The summed E-state index contributed by atoms with van der Waals surface area (Å²) in [5, 5.41) is 22.3. The fraction of sp³-hybridized carbons (Fsp3) is 0.356. The zero-order valence-electron chi connectivity index (χ0n) is 46.2. The third-order valence-electron chi connectivity index (χ3n) is 16.0. The molecule has 5 unspecified atom stereocenters. The van der Waals surface area contributed by atoms with E-state index < -0.39 is 65.6 Å². The van der Waals surface area contributed by atoms with Crippen molar-refractivity contribution in [2.75, 3.05) is 83.9 Å². The Bertz CT molecular complexity index is 3630. The first-order valence-electron chi connectivity index (χ1n) is 27.5. The van der Waals surface area contributed by atoms with Crippen LogP contribution in [0, 0.1) is 37.1 Å². The number of hydrogen-bond acceptors (Lipinski definition) is 12. The quantitative estimate of drug-likeness (QED) is 0.0480. The van der Waals surface area contributed by atoms with E-state index in [2.05, 4.69) is 42.0 Å². The van der Waals surface area contributed by atoms with Crippen molar-refractivity contribution in [2.24, 2.45) is 0 Å². The molecule has 4 aliphatic rings. The van der Waals surface area contributed by atoms with Crippen LogP contribution in [0.15, 0.2) is 110 Å². The van der Waals surface area contributed by atoms with Crippen molar-refractivity contribution in [3.05, 3.63) is 167 Å². The Kier molecular flexibility index (Phi) is 15.7. The molecule has 12 rings (SSSR count). The largest absolute Gasteiger partial charge is 0.383 e. The highest BCUT2D eigenvalue weighted by Gasteiger charge is 2.38. The van der Waals surface area contributed by atoms with E-state index in [1.807, 2.05) is 93.8 Å². The highest BCUT2D eigenvalue weighted by molar-refractivity contribution is 5.92. The molecule has 0 bridgehead atoms. The number of methoxy groups -OCH3 is 1. The van der Waals surface area contributed by atoms with Crippen LogP contribution < -0.4 is 21.3 Å². The number of aromatic nitrogens is 8. The van der Waals surface area contributed by atoms with Gasteiger partial charge in [0.05, 0.1) is 84.7 Å². The highest BCUT2D eigenvalue weighted by Crippen LogP contribution is 2.37. The SMILES string of the molecule is COCCN1CC(NC(=O)Nc2c(C)c(-c3cnc4c(c3)C(COCCN3CC(NC(=O)Nc5c(C)c(-c6cnc7c(c6)CN(C)C7)nn5-c5ccccc5)C(n5cc(F)c(F)c5)C3)OC4)nn2-c2ccccc2)C(n2cc(F)c(F)c2)C1. The standard InChI is InChI=1S/C59H63F4N15O5/c1-35-54(37-19-39-23-72(3)28-47(39)64-21-37)70-77(40-11-7-5-8-12-40)56(35)68-59(80)67-49-30-74(32-52(49)76-26-45(62)46(63)27-76)16-18-82-34-53-42-20-38(22-65-50(42)33-83-53)55-36(2)57(78(71-55)41-13-9-6-10-14-41)69-58(79)66-48-29-73(15-17-81-4)31-51(48)75-24-43(60)44(61)25-75/h5-14,19-22,24-27,48-49,51-53H,15-18,23,28-34H2,1-4H3,(H2,66,69,79)(H2,67,68,80). The van der Waals surface area contributed by atoms with Crippen LogP contribution in [-0.2, 0) is 33.9 Å². The molecule has 10 heterocycles. The summed E-state index contributed by atoms with van der Waals surface area (Å²) in [6, 6.07) is 19.9. The number of carbonyl (C=O) groups is 2. The van der Waals surface area contributed by atoms with Gasteiger partial charge in [-0.05, 0) is 62.9 Å². The first kappa shape index (κ1) is 55.3. The Labute approximate surface area is 475 Å². The predicted molar refractivity (Wildman–Crippen MR) is 300 cm³/mol. The van der Waals surface area contributed by atoms with E-state index in [1.54, 1.807) is 22.7 Å². The second kappa shape index (κ2) is 23.5. The van der Waals surface area contributed by atoms with Crippen molar-refractivity contribution in [3.8, 4) is 33.9 Å². The van der Waals surface area contributed by atoms with Crippen molar-refractivity contribution >= 4 is 23.7 Å². The molecule has 2 fully saturated rings. The molecule has 6 aromatic heterocycles. The summed E-state index contributed by atoms with van der Waals surface area (Å²) in [5.74, 6) is -3.03. The van der Waals surface area contributed by atoms with Gasteiger partial charge in [-0.2, -0.15) is 10.2 Å². The number of para-hydroxylation sites is 2. The van der Waals surface area contributed by atoms with E-state index in [4.69, 9.17) is 34.4 Å². The number of fused-ring (bicyclic) bond motifs is 2. The number of nitrogens with one attached hydrogen (secondary N) is 4. The molecule has 20 nitrogen and oxygen atoms in total. The minimum atomic E-state index is -0.986. The number of carbonyl (C=O) groups excluding carboxylic acids is 2. The third kappa shape index (κ3) is 11.5. The maximum atomic E-state index is 14.6. The second-order valence-corrected chi connectivity index (χ2v) is 21.6. The molecule has 0 radical (unpaired) electrons. The van der Waals surface area contributed by atoms with Gasteiger partial charge >= 0.3 is 12.1 Å². The Morgan fingerprint density at radius 2 is 1.14 bits per heavy atom. The molecule has 5 atom stereocenters. The van der Waals surface area contributed by atoms with Gasteiger partial charge in [0, 0.05) is 124 Å². The zero-order valence-corrected chi connectivity index (χ0v) is 46.2. The molecule has 8 aromatic rings. The fourth-order valence-electron chi connectivity index (χ4n) is 11.8. The average Bonchev–Trinajstić information content (AvgIpc) is 4.51. The van der Waals surface area contributed by atoms with Crippen LogP contribution in [-0.4, -0.2) is 151 Å². The van der Waals surface area contributed by atoms with Gasteiger partial charge in [-0.3, -0.25) is 35.3 Å². The number of anilines is 2. The smallest absolute Gasteiger partial charge is 0.320 e. The van der Waals surface area contributed by atoms with Gasteiger partial charge in [-0.25, -0.2) is 36.5 Å².